The molecule has 2 N–H and O–H groups in total. The van der Waals surface area contributed by atoms with E-state index in [2.05, 4.69) is 0 Å². The van der Waals surface area contributed by atoms with Gasteiger partial charge in [-0.1, -0.05) is 12.8 Å². The van der Waals surface area contributed by atoms with Crippen molar-refractivity contribution in [2.75, 3.05) is 19.7 Å². The van der Waals surface area contributed by atoms with Gasteiger partial charge >= 0.3 is 0 Å². The normalized spacial score (nSPS) is 29.0. The van der Waals surface area contributed by atoms with Crippen LogP contribution >= 0.6 is 0 Å². The molecule has 0 aromatic carbocycles. The summed E-state index contributed by atoms with van der Waals surface area (Å²) in [6.45, 7) is 2.37. The lowest BCUT2D eigenvalue weighted by Crippen LogP contribution is -2.44. The molecule has 2 aliphatic rings. The van der Waals surface area contributed by atoms with Crippen molar-refractivity contribution in [3.63, 3.8) is 0 Å². The van der Waals surface area contributed by atoms with Crippen LogP contribution in [-0.2, 0) is 9.53 Å². The maximum Gasteiger partial charge on any atom is 0.222 e. The Balaban J connectivity index is 1.79. The highest BCUT2D eigenvalue weighted by atomic mass is 16.5. The predicted molar refractivity (Wildman–Crippen MR) is 75.8 cm³/mol. The lowest BCUT2D eigenvalue weighted by atomic mass is 10.0. The highest BCUT2D eigenvalue weighted by Gasteiger charge is 2.25. The van der Waals surface area contributed by atoms with E-state index in [-0.39, 0.29) is 11.9 Å². The minimum Gasteiger partial charge on any atom is -0.378 e. The van der Waals surface area contributed by atoms with Crippen molar-refractivity contribution in [1.82, 2.24) is 4.90 Å². The van der Waals surface area contributed by atoms with E-state index in [0.29, 0.717) is 19.1 Å². The number of hydrogen-bond donors (Lipinski definition) is 1. The molecule has 2 atom stereocenters. The largest absolute Gasteiger partial charge is 0.378 e. The summed E-state index contributed by atoms with van der Waals surface area (Å²) in [5, 5.41) is 0. The SMILES string of the molecule is NCC1CCCCCN1C(=O)CCC1CCCCO1. The quantitative estimate of drug-likeness (QED) is 0.849. The summed E-state index contributed by atoms with van der Waals surface area (Å²) in [6.07, 6.45) is 9.98. The number of nitrogens with two attached hydrogens (primary N) is 1. The summed E-state index contributed by atoms with van der Waals surface area (Å²) < 4.78 is 5.70. The smallest absolute Gasteiger partial charge is 0.222 e. The number of hydrogen-bond acceptors (Lipinski definition) is 3. The molecule has 2 aliphatic heterocycles. The monoisotopic (exact) mass is 268 g/mol. The van der Waals surface area contributed by atoms with Crippen molar-refractivity contribution in [3.05, 3.63) is 0 Å². The maximum absolute atomic E-state index is 12.4. The number of amides is 1. The first-order valence-electron chi connectivity index (χ1n) is 7.92. The molecule has 2 heterocycles. The number of ether oxygens (including phenoxy) is 1. The van der Waals surface area contributed by atoms with Crippen LogP contribution in [0.5, 0.6) is 0 Å². The van der Waals surface area contributed by atoms with E-state index < -0.39 is 0 Å². The van der Waals surface area contributed by atoms with E-state index in [1.807, 2.05) is 4.90 Å². The van der Waals surface area contributed by atoms with Gasteiger partial charge in [0.15, 0.2) is 0 Å². The minimum atomic E-state index is 0.266. The average Bonchev–Trinajstić information content (AvgIpc) is 2.71. The van der Waals surface area contributed by atoms with E-state index in [1.165, 1.54) is 25.7 Å². The summed E-state index contributed by atoms with van der Waals surface area (Å²) in [5.41, 5.74) is 5.82. The third-order valence-corrected chi connectivity index (χ3v) is 4.42. The highest BCUT2D eigenvalue weighted by Crippen LogP contribution is 2.20. The standard InChI is InChI=1S/C15H28N2O2/c16-12-13-6-2-1-4-10-17(13)15(18)9-8-14-7-3-5-11-19-14/h13-14H,1-12,16H2. The lowest BCUT2D eigenvalue weighted by Gasteiger charge is -2.30. The van der Waals surface area contributed by atoms with Crippen molar-refractivity contribution in [2.24, 2.45) is 5.73 Å². The molecule has 0 radical (unpaired) electrons. The summed E-state index contributed by atoms with van der Waals surface area (Å²) in [6, 6.07) is 0.266. The van der Waals surface area contributed by atoms with Crippen molar-refractivity contribution in [3.8, 4) is 0 Å². The summed E-state index contributed by atoms with van der Waals surface area (Å²) in [7, 11) is 0. The first kappa shape index (κ1) is 14.8. The second kappa shape index (κ2) is 7.85. The summed E-state index contributed by atoms with van der Waals surface area (Å²) >= 11 is 0. The van der Waals surface area contributed by atoms with Crippen molar-refractivity contribution in [2.45, 2.75) is 69.9 Å². The van der Waals surface area contributed by atoms with Crippen LogP contribution in [0.3, 0.4) is 0 Å². The van der Waals surface area contributed by atoms with E-state index in [0.717, 1.165) is 38.8 Å². The number of carbonyl (C=O) groups excluding carboxylic acids is 1. The fraction of sp³-hybridized carbons (Fsp3) is 0.933. The Hall–Kier alpha value is -0.610. The van der Waals surface area contributed by atoms with Gasteiger partial charge in [-0.25, -0.2) is 0 Å². The second-order valence-electron chi connectivity index (χ2n) is 5.85. The molecule has 2 rings (SSSR count). The van der Waals surface area contributed by atoms with Gasteiger partial charge < -0.3 is 15.4 Å². The first-order chi connectivity index (χ1) is 9.31. The van der Waals surface area contributed by atoms with Gasteiger partial charge in [0.2, 0.25) is 5.91 Å². The van der Waals surface area contributed by atoms with Crippen LogP contribution in [0.4, 0.5) is 0 Å². The summed E-state index contributed by atoms with van der Waals surface area (Å²) in [5.74, 6) is 0.284. The fourth-order valence-corrected chi connectivity index (χ4v) is 3.21. The van der Waals surface area contributed by atoms with Crippen LogP contribution in [0, 0.1) is 0 Å². The molecular weight excluding hydrogens is 240 g/mol. The molecule has 0 bridgehead atoms. The second-order valence-corrected chi connectivity index (χ2v) is 5.85. The molecule has 0 aliphatic carbocycles. The Bertz CT molecular complexity index is 277. The first-order valence-corrected chi connectivity index (χ1v) is 7.92. The minimum absolute atomic E-state index is 0.266. The lowest BCUT2D eigenvalue weighted by molar-refractivity contribution is -0.134. The van der Waals surface area contributed by atoms with E-state index >= 15 is 0 Å². The van der Waals surface area contributed by atoms with Gasteiger partial charge in [-0.3, -0.25) is 4.79 Å². The van der Waals surface area contributed by atoms with Gasteiger partial charge in [-0.05, 0) is 38.5 Å². The Labute approximate surface area is 116 Å². The third-order valence-electron chi connectivity index (χ3n) is 4.42. The molecule has 2 saturated heterocycles. The summed E-state index contributed by atoms with van der Waals surface area (Å²) in [4.78, 5) is 14.4. The average molecular weight is 268 g/mol. The van der Waals surface area contributed by atoms with Crippen molar-refractivity contribution < 1.29 is 9.53 Å². The van der Waals surface area contributed by atoms with E-state index in [1.54, 1.807) is 0 Å². The Morgan fingerprint density at radius 1 is 1.16 bits per heavy atom. The zero-order valence-electron chi connectivity index (χ0n) is 12.0. The molecule has 4 heteroatoms. The van der Waals surface area contributed by atoms with Crippen LogP contribution in [0.2, 0.25) is 0 Å². The molecule has 19 heavy (non-hydrogen) atoms. The number of nitrogens with zero attached hydrogens (tertiary/aromatic N) is 1. The van der Waals surface area contributed by atoms with Crippen LogP contribution in [-0.4, -0.2) is 42.6 Å². The van der Waals surface area contributed by atoms with Gasteiger partial charge in [0.05, 0.1) is 6.10 Å². The Morgan fingerprint density at radius 2 is 2.00 bits per heavy atom. The van der Waals surface area contributed by atoms with Crippen LogP contribution < -0.4 is 5.73 Å². The molecule has 4 nitrogen and oxygen atoms in total. The number of likely N-dealkylation sites (tertiary alicyclic amines) is 1. The maximum atomic E-state index is 12.4. The Kier molecular flexibility index (Phi) is 6.11. The van der Waals surface area contributed by atoms with Gasteiger partial charge in [0, 0.05) is 32.2 Å². The van der Waals surface area contributed by atoms with Gasteiger partial charge in [0.25, 0.3) is 0 Å². The van der Waals surface area contributed by atoms with E-state index in [4.69, 9.17) is 10.5 Å². The molecule has 0 aromatic rings. The molecular formula is C15H28N2O2. The number of carbonyl (C=O) groups is 1. The van der Waals surface area contributed by atoms with Crippen molar-refractivity contribution >= 4 is 5.91 Å². The van der Waals surface area contributed by atoms with Crippen molar-refractivity contribution in [1.29, 1.82) is 0 Å². The molecule has 2 fully saturated rings. The molecule has 110 valence electrons. The Morgan fingerprint density at radius 3 is 2.74 bits per heavy atom. The van der Waals surface area contributed by atoms with Crippen LogP contribution in [0.1, 0.15) is 57.8 Å². The molecule has 0 aromatic heterocycles. The van der Waals surface area contributed by atoms with E-state index in [9.17, 15) is 4.79 Å². The third kappa shape index (κ3) is 4.46. The topological polar surface area (TPSA) is 55.6 Å². The van der Waals surface area contributed by atoms with Gasteiger partial charge in [0.1, 0.15) is 0 Å². The highest BCUT2D eigenvalue weighted by molar-refractivity contribution is 5.76. The predicted octanol–water partition coefficient (Wildman–Crippen LogP) is 2.07. The van der Waals surface area contributed by atoms with Crippen LogP contribution in [0.15, 0.2) is 0 Å². The molecule has 1 amide bonds. The number of rotatable bonds is 4. The van der Waals surface area contributed by atoms with Gasteiger partial charge in [-0.15, -0.1) is 0 Å². The molecule has 2 unspecified atom stereocenters. The molecule has 0 saturated carbocycles. The van der Waals surface area contributed by atoms with Crippen LogP contribution in [0.25, 0.3) is 0 Å². The zero-order chi connectivity index (χ0) is 13.5. The zero-order valence-corrected chi connectivity index (χ0v) is 12.0. The molecule has 0 spiro atoms. The van der Waals surface area contributed by atoms with Gasteiger partial charge in [-0.2, -0.15) is 0 Å². The fourth-order valence-electron chi connectivity index (χ4n) is 3.21.